The Labute approximate surface area is 230 Å². The van der Waals surface area contributed by atoms with Gasteiger partial charge in [0.2, 0.25) is 0 Å². The normalized spacial score (nSPS) is 11.7. The van der Waals surface area contributed by atoms with E-state index < -0.39 is 23.7 Å². The number of carbonyl (C=O) groups is 2. The summed E-state index contributed by atoms with van der Waals surface area (Å²) >= 11 is 0. The molecule has 0 aliphatic heterocycles. The number of fused-ring (bicyclic) bond motifs is 3. The van der Waals surface area contributed by atoms with Crippen LogP contribution >= 0.6 is 0 Å². The van der Waals surface area contributed by atoms with Gasteiger partial charge in [-0.15, -0.1) is 0 Å². The third kappa shape index (κ3) is 5.81. The molecule has 0 saturated heterocycles. The van der Waals surface area contributed by atoms with Crippen molar-refractivity contribution in [2.24, 2.45) is 0 Å². The van der Waals surface area contributed by atoms with Crippen LogP contribution in [-0.2, 0) is 22.6 Å². The molecule has 0 unspecified atom stereocenters. The van der Waals surface area contributed by atoms with E-state index >= 15 is 0 Å². The van der Waals surface area contributed by atoms with E-state index in [1.165, 1.54) is 7.11 Å². The molecular weight excluding hydrogens is 510 g/mol. The fraction of sp³-hybridized carbons (Fsp3) is 0.156. The van der Waals surface area contributed by atoms with Gasteiger partial charge in [-0.05, 0) is 48.4 Å². The molecule has 0 spiro atoms. The summed E-state index contributed by atoms with van der Waals surface area (Å²) < 4.78 is 21.9. The summed E-state index contributed by atoms with van der Waals surface area (Å²) in [5.74, 6) is 0.0718. The molecule has 0 saturated carbocycles. The SMILES string of the molecule is COc1ccc2c(c1)c(=O)oc1c(C)c(OC(=O)[C@@H](Cc3ccccc3)NC(=O)OCc3ccccc3)ccc12. The van der Waals surface area contributed by atoms with Crippen molar-refractivity contribution in [1.29, 1.82) is 0 Å². The van der Waals surface area contributed by atoms with Gasteiger partial charge in [0.15, 0.2) is 0 Å². The second-order valence-electron chi connectivity index (χ2n) is 9.24. The lowest BCUT2D eigenvalue weighted by molar-refractivity contribution is -0.136. The van der Waals surface area contributed by atoms with Gasteiger partial charge in [-0.2, -0.15) is 0 Å². The van der Waals surface area contributed by atoms with E-state index in [4.69, 9.17) is 18.6 Å². The van der Waals surface area contributed by atoms with Crippen molar-refractivity contribution in [3.05, 3.63) is 118 Å². The highest BCUT2D eigenvalue weighted by atomic mass is 16.6. The number of rotatable bonds is 8. The second kappa shape index (κ2) is 11.7. The summed E-state index contributed by atoms with van der Waals surface area (Å²) in [6, 6.07) is 26.0. The molecule has 0 fully saturated rings. The zero-order chi connectivity index (χ0) is 28.1. The average Bonchev–Trinajstić information content (AvgIpc) is 2.98. The van der Waals surface area contributed by atoms with Crippen molar-refractivity contribution in [2.45, 2.75) is 26.0 Å². The van der Waals surface area contributed by atoms with Gasteiger partial charge in [-0.3, -0.25) is 0 Å². The Morgan fingerprint density at radius 2 is 1.52 bits per heavy atom. The van der Waals surface area contributed by atoms with Crippen molar-refractivity contribution >= 4 is 33.8 Å². The Kier molecular flexibility index (Phi) is 7.77. The second-order valence-corrected chi connectivity index (χ2v) is 9.24. The van der Waals surface area contributed by atoms with Crippen molar-refractivity contribution < 1.29 is 28.2 Å². The monoisotopic (exact) mass is 537 g/mol. The maximum atomic E-state index is 13.4. The molecule has 8 heteroatoms. The molecule has 0 bridgehead atoms. The van der Waals surface area contributed by atoms with E-state index in [1.807, 2.05) is 60.7 Å². The summed E-state index contributed by atoms with van der Waals surface area (Å²) in [6.45, 7) is 1.76. The lowest BCUT2D eigenvalue weighted by Crippen LogP contribution is -2.44. The van der Waals surface area contributed by atoms with E-state index in [2.05, 4.69) is 5.32 Å². The number of alkyl carbamates (subject to hydrolysis) is 1. The highest BCUT2D eigenvalue weighted by Gasteiger charge is 2.25. The maximum absolute atomic E-state index is 13.4. The van der Waals surface area contributed by atoms with Crippen molar-refractivity contribution in [3.8, 4) is 11.5 Å². The molecule has 4 aromatic carbocycles. The zero-order valence-corrected chi connectivity index (χ0v) is 22.0. The van der Waals surface area contributed by atoms with Gasteiger partial charge >= 0.3 is 17.7 Å². The number of ether oxygens (including phenoxy) is 3. The van der Waals surface area contributed by atoms with Crippen LogP contribution in [0, 0.1) is 6.92 Å². The molecule has 40 heavy (non-hydrogen) atoms. The van der Waals surface area contributed by atoms with Crippen molar-refractivity contribution in [3.63, 3.8) is 0 Å². The third-order valence-corrected chi connectivity index (χ3v) is 6.57. The van der Waals surface area contributed by atoms with Gasteiger partial charge in [-0.25, -0.2) is 14.4 Å². The smallest absolute Gasteiger partial charge is 0.408 e. The van der Waals surface area contributed by atoms with Gasteiger partial charge < -0.3 is 23.9 Å². The van der Waals surface area contributed by atoms with Gasteiger partial charge in [0, 0.05) is 22.8 Å². The predicted molar refractivity (Wildman–Crippen MR) is 151 cm³/mol. The average molecular weight is 538 g/mol. The lowest BCUT2D eigenvalue weighted by atomic mass is 10.0. The molecule has 1 aromatic heterocycles. The molecule has 1 atom stereocenters. The van der Waals surface area contributed by atoms with Gasteiger partial charge in [0.1, 0.15) is 29.7 Å². The summed E-state index contributed by atoms with van der Waals surface area (Å²) in [6.07, 6.45) is -0.557. The molecule has 5 aromatic rings. The largest absolute Gasteiger partial charge is 0.497 e. The highest BCUT2D eigenvalue weighted by Crippen LogP contribution is 2.32. The molecule has 8 nitrogen and oxygen atoms in total. The number of carbonyl (C=O) groups excluding carboxylic acids is 2. The number of esters is 1. The Morgan fingerprint density at radius 3 is 2.23 bits per heavy atom. The van der Waals surface area contributed by atoms with E-state index in [-0.39, 0.29) is 18.8 Å². The minimum absolute atomic E-state index is 0.0580. The van der Waals surface area contributed by atoms with Crippen LogP contribution < -0.4 is 20.4 Å². The van der Waals surface area contributed by atoms with Crippen LogP contribution in [0.4, 0.5) is 4.79 Å². The number of aryl methyl sites for hydroxylation is 1. The molecule has 1 amide bonds. The number of amides is 1. The molecule has 202 valence electrons. The summed E-state index contributed by atoms with van der Waals surface area (Å²) in [4.78, 5) is 38.7. The standard InChI is InChI=1S/C32H27NO7/c1-20-28(16-15-25-24-14-13-23(37-2)18-26(24)30(34)40-29(20)25)39-31(35)27(17-21-9-5-3-6-10-21)33-32(36)38-19-22-11-7-4-8-12-22/h3-16,18,27H,17,19H2,1-2H3,(H,33,36)/t27-/m1/s1. The Morgan fingerprint density at radius 1 is 0.850 bits per heavy atom. The first-order valence-electron chi connectivity index (χ1n) is 12.7. The number of hydrogen-bond acceptors (Lipinski definition) is 7. The van der Waals surface area contributed by atoms with Crippen LogP contribution in [-0.4, -0.2) is 25.2 Å². The van der Waals surface area contributed by atoms with Crippen LogP contribution in [0.5, 0.6) is 11.5 Å². The molecule has 0 radical (unpaired) electrons. The van der Waals surface area contributed by atoms with E-state index in [1.54, 1.807) is 37.3 Å². The molecule has 0 aliphatic carbocycles. The van der Waals surface area contributed by atoms with Crippen LogP contribution in [0.25, 0.3) is 21.7 Å². The summed E-state index contributed by atoms with van der Waals surface area (Å²) in [5, 5.41) is 4.41. The van der Waals surface area contributed by atoms with Crippen LogP contribution in [0.2, 0.25) is 0 Å². The van der Waals surface area contributed by atoms with Crippen LogP contribution in [0.3, 0.4) is 0 Å². The fourth-order valence-corrected chi connectivity index (χ4v) is 4.46. The number of methoxy groups -OCH3 is 1. The minimum atomic E-state index is -1.03. The summed E-state index contributed by atoms with van der Waals surface area (Å²) in [7, 11) is 1.53. The minimum Gasteiger partial charge on any atom is -0.497 e. The molecule has 0 aliphatic rings. The van der Waals surface area contributed by atoms with E-state index in [0.717, 1.165) is 11.1 Å². The van der Waals surface area contributed by atoms with E-state index in [0.29, 0.717) is 33.1 Å². The van der Waals surface area contributed by atoms with Gasteiger partial charge in [0.25, 0.3) is 0 Å². The fourth-order valence-electron chi connectivity index (χ4n) is 4.46. The van der Waals surface area contributed by atoms with Crippen LogP contribution in [0.1, 0.15) is 16.7 Å². The van der Waals surface area contributed by atoms with Gasteiger partial charge in [-0.1, -0.05) is 60.7 Å². The van der Waals surface area contributed by atoms with Gasteiger partial charge in [0.05, 0.1) is 12.5 Å². The number of benzene rings is 4. The highest BCUT2D eigenvalue weighted by molar-refractivity contribution is 6.06. The Bertz CT molecular complexity index is 1730. The quantitative estimate of drug-likeness (QED) is 0.117. The Balaban J connectivity index is 1.40. The number of hydrogen-bond donors (Lipinski definition) is 1. The first kappa shape index (κ1) is 26.5. The van der Waals surface area contributed by atoms with Crippen molar-refractivity contribution in [1.82, 2.24) is 5.32 Å². The van der Waals surface area contributed by atoms with E-state index in [9.17, 15) is 14.4 Å². The Hall–Kier alpha value is -5.11. The topological polar surface area (TPSA) is 104 Å². The molecule has 5 rings (SSSR count). The lowest BCUT2D eigenvalue weighted by Gasteiger charge is -2.19. The molecule has 1 N–H and O–H groups in total. The first-order valence-corrected chi connectivity index (χ1v) is 12.7. The molecular formula is C32H27NO7. The van der Waals surface area contributed by atoms with Crippen molar-refractivity contribution in [2.75, 3.05) is 7.11 Å². The zero-order valence-electron chi connectivity index (χ0n) is 22.0. The first-order chi connectivity index (χ1) is 19.4. The predicted octanol–water partition coefficient (Wildman–Crippen LogP) is 5.71. The summed E-state index contributed by atoms with van der Waals surface area (Å²) in [5.41, 5.74) is 1.90. The van der Waals surface area contributed by atoms with Crippen LogP contribution in [0.15, 0.2) is 100 Å². The third-order valence-electron chi connectivity index (χ3n) is 6.57. The maximum Gasteiger partial charge on any atom is 0.408 e. The number of nitrogens with one attached hydrogen (secondary N) is 1. The molecule has 1 heterocycles.